The second-order valence-electron chi connectivity index (χ2n) is 9.75. The summed E-state index contributed by atoms with van der Waals surface area (Å²) in [4.78, 5) is 49.0. The second kappa shape index (κ2) is 9.88. The van der Waals surface area contributed by atoms with E-state index in [0.29, 0.717) is 41.2 Å². The van der Waals surface area contributed by atoms with E-state index in [1.807, 2.05) is 24.3 Å². The molecule has 0 saturated heterocycles. The van der Waals surface area contributed by atoms with Crippen LogP contribution in [0.5, 0.6) is 0 Å². The maximum absolute atomic E-state index is 13.6. The van der Waals surface area contributed by atoms with E-state index in [1.165, 1.54) is 10.5 Å². The van der Waals surface area contributed by atoms with Gasteiger partial charge in [-0.15, -0.1) is 0 Å². The molecule has 210 valence electrons. The summed E-state index contributed by atoms with van der Waals surface area (Å²) in [6.45, 7) is 1.96. The lowest BCUT2D eigenvalue weighted by atomic mass is 10.0. The van der Waals surface area contributed by atoms with Crippen molar-refractivity contribution in [3.05, 3.63) is 91.8 Å². The summed E-state index contributed by atoms with van der Waals surface area (Å²) in [6.07, 6.45) is 1.34. The van der Waals surface area contributed by atoms with Gasteiger partial charge in [0.05, 0.1) is 6.04 Å². The molecule has 4 heterocycles. The summed E-state index contributed by atoms with van der Waals surface area (Å²) >= 11 is 5.23. The van der Waals surface area contributed by atoms with Crippen molar-refractivity contribution in [2.75, 3.05) is 0 Å². The number of nitrogens with zero attached hydrogens (tertiary/aromatic N) is 5. The lowest BCUT2D eigenvalue weighted by Gasteiger charge is -2.15. The van der Waals surface area contributed by atoms with Crippen LogP contribution < -0.4 is 16.4 Å². The number of carbonyl (C=O) groups excluding carboxylic acids is 2. The van der Waals surface area contributed by atoms with Gasteiger partial charge in [0, 0.05) is 19.0 Å². The van der Waals surface area contributed by atoms with Crippen molar-refractivity contribution in [3.8, 4) is 11.4 Å². The zero-order valence-electron chi connectivity index (χ0n) is 21.8. The van der Waals surface area contributed by atoms with Crippen LogP contribution >= 0.6 is 12.2 Å². The Hall–Kier alpha value is -5.44. The molecule has 0 radical (unpaired) electrons. The van der Waals surface area contributed by atoms with E-state index in [2.05, 4.69) is 40.4 Å². The van der Waals surface area contributed by atoms with Gasteiger partial charge in [-0.1, -0.05) is 23.4 Å². The minimum absolute atomic E-state index is 0.0182. The van der Waals surface area contributed by atoms with Gasteiger partial charge in [-0.3, -0.25) is 19.1 Å². The van der Waals surface area contributed by atoms with E-state index in [4.69, 9.17) is 21.2 Å². The van der Waals surface area contributed by atoms with Gasteiger partial charge in [-0.05, 0) is 71.2 Å². The molecular formula is C27H20N8O6S. The first-order valence-electron chi connectivity index (χ1n) is 12.9. The van der Waals surface area contributed by atoms with Crippen LogP contribution in [-0.4, -0.2) is 41.5 Å². The van der Waals surface area contributed by atoms with Crippen molar-refractivity contribution in [1.82, 2.24) is 40.3 Å². The number of nitrogens with one attached hydrogen (secondary N) is 3. The Morgan fingerprint density at radius 3 is 2.81 bits per heavy atom. The standard InChI is InChI=1S/C27H20N8O6S/c1-12-29-18-8-13(2-7-21(18)39-12)11-28-23(36)19-10-20(35-25(31-19)34-41-27(35)42)24(37)30-17-6-4-14-9-15(3-5-16(14)17)22-32-26(38)40-33-22/h2-3,5,7-10,17H,4,6,11H2,1H3,(H,28,36)(H,30,37)(H,32,33,38)/t17-/m0/s1. The average molecular weight is 585 g/mol. The molecule has 0 fully saturated rings. The number of oxazole rings is 1. The van der Waals surface area contributed by atoms with Crippen LogP contribution in [0.15, 0.2) is 60.7 Å². The number of hydrogen-bond acceptors (Lipinski definition) is 11. The molecule has 1 aliphatic carbocycles. The molecule has 4 aromatic heterocycles. The molecule has 15 heteroatoms. The molecule has 0 spiro atoms. The quantitative estimate of drug-likeness (QED) is 0.244. The van der Waals surface area contributed by atoms with Crippen molar-refractivity contribution in [2.45, 2.75) is 32.4 Å². The molecule has 3 N–H and O–H groups in total. The van der Waals surface area contributed by atoms with Gasteiger partial charge in [-0.2, -0.15) is 0 Å². The molecule has 42 heavy (non-hydrogen) atoms. The Labute approximate surface area is 239 Å². The molecule has 6 aromatic rings. The van der Waals surface area contributed by atoms with Gasteiger partial charge >= 0.3 is 10.6 Å². The number of hydrogen-bond donors (Lipinski definition) is 3. The zero-order chi connectivity index (χ0) is 29.0. The number of rotatable bonds is 6. The number of fused-ring (bicyclic) bond motifs is 3. The van der Waals surface area contributed by atoms with Gasteiger partial charge in [0.1, 0.15) is 16.9 Å². The van der Waals surface area contributed by atoms with E-state index < -0.39 is 17.6 Å². The maximum Gasteiger partial charge on any atom is 0.439 e. The first kappa shape index (κ1) is 25.5. The summed E-state index contributed by atoms with van der Waals surface area (Å²) in [5, 5.41) is 13.4. The average Bonchev–Trinajstić information content (AvgIpc) is 3.77. The highest BCUT2D eigenvalue weighted by atomic mass is 32.1. The molecule has 1 aliphatic rings. The largest absolute Gasteiger partial charge is 0.441 e. The van der Waals surface area contributed by atoms with Crippen molar-refractivity contribution >= 4 is 40.9 Å². The first-order valence-corrected chi connectivity index (χ1v) is 13.3. The molecule has 2 aromatic carbocycles. The van der Waals surface area contributed by atoms with Crippen LogP contribution in [0.4, 0.5) is 0 Å². The lowest BCUT2D eigenvalue weighted by Crippen LogP contribution is -2.30. The van der Waals surface area contributed by atoms with Crippen LogP contribution in [0, 0.1) is 11.8 Å². The Kier molecular flexibility index (Phi) is 6.00. The smallest absolute Gasteiger partial charge is 0.439 e. The van der Waals surface area contributed by atoms with Gasteiger partial charge in [-0.25, -0.2) is 19.2 Å². The van der Waals surface area contributed by atoms with Crippen molar-refractivity contribution < 1.29 is 23.1 Å². The molecule has 0 bridgehead atoms. The predicted molar refractivity (Wildman–Crippen MR) is 147 cm³/mol. The fourth-order valence-corrected chi connectivity index (χ4v) is 5.33. The van der Waals surface area contributed by atoms with E-state index in [-0.39, 0.29) is 34.6 Å². The molecule has 0 unspecified atom stereocenters. The second-order valence-corrected chi connectivity index (χ2v) is 10.1. The summed E-state index contributed by atoms with van der Waals surface area (Å²) in [5.41, 5.74) is 4.81. The van der Waals surface area contributed by atoms with Crippen LogP contribution in [0.25, 0.3) is 28.3 Å². The van der Waals surface area contributed by atoms with E-state index in [9.17, 15) is 14.4 Å². The predicted octanol–water partition coefficient (Wildman–Crippen LogP) is 3.19. The molecular weight excluding hydrogens is 564 g/mol. The van der Waals surface area contributed by atoms with Crippen molar-refractivity contribution in [2.24, 2.45) is 0 Å². The van der Waals surface area contributed by atoms with Crippen LogP contribution in [0.3, 0.4) is 0 Å². The fraction of sp³-hybridized carbons (Fsp3) is 0.185. The first-order chi connectivity index (χ1) is 20.3. The van der Waals surface area contributed by atoms with Gasteiger partial charge in [0.15, 0.2) is 17.3 Å². The molecule has 2 amide bonds. The lowest BCUT2D eigenvalue weighted by molar-refractivity contribution is 0.0929. The van der Waals surface area contributed by atoms with Gasteiger partial charge < -0.3 is 19.6 Å². The molecule has 7 rings (SSSR count). The van der Waals surface area contributed by atoms with Gasteiger partial charge in [0.2, 0.25) is 0 Å². The molecule has 0 saturated carbocycles. The number of aryl methyl sites for hydroxylation is 2. The summed E-state index contributed by atoms with van der Waals surface area (Å²) in [5.74, 6) is -0.767. The normalized spacial score (nSPS) is 14.4. The SMILES string of the molecule is Cc1nc2cc(CNC(=O)c3cc(C(=O)N[C@H]4CCc5cc(-c6noc(=O)[nH]6)ccc54)n4c(=S)onc4n3)ccc2o1. The van der Waals surface area contributed by atoms with Crippen LogP contribution in [-0.2, 0) is 13.0 Å². The summed E-state index contributed by atoms with van der Waals surface area (Å²) < 4.78 is 16.5. The fourth-order valence-electron chi connectivity index (χ4n) is 5.11. The Balaban J connectivity index is 1.12. The van der Waals surface area contributed by atoms with Gasteiger partial charge in [0.25, 0.3) is 17.6 Å². The topological polar surface area (TPSA) is 186 Å². The zero-order valence-corrected chi connectivity index (χ0v) is 22.7. The van der Waals surface area contributed by atoms with Crippen molar-refractivity contribution in [1.29, 1.82) is 0 Å². The number of benzene rings is 2. The van der Waals surface area contributed by atoms with Crippen molar-refractivity contribution in [3.63, 3.8) is 0 Å². The van der Waals surface area contributed by atoms with E-state index in [0.717, 1.165) is 16.7 Å². The highest BCUT2D eigenvalue weighted by Gasteiger charge is 2.27. The number of H-pyrrole nitrogens is 1. The minimum atomic E-state index is -0.636. The molecule has 1 atom stereocenters. The third-order valence-electron chi connectivity index (χ3n) is 7.04. The number of aromatic nitrogens is 6. The van der Waals surface area contributed by atoms with Crippen LogP contribution in [0.2, 0.25) is 0 Å². The number of carbonyl (C=O) groups is 2. The van der Waals surface area contributed by atoms with E-state index in [1.54, 1.807) is 19.1 Å². The Morgan fingerprint density at radius 2 is 1.98 bits per heavy atom. The number of aromatic amines is 1. The van der Waals surface area contributed by atoms with Crippen LogP contribution in [0.1, 0.15) is 56.0 Å². The Bertz CT molecular complexity index is 2160. The highest BCUT2D eigenvalue weighted by molar-refractivity contribution is 7.71. The molecule has 14 nitrogen and oxygen atoms in total. The minimum Gasteiger partial charge on any atom is -0.441 e. The highest BCUT2D eigenvalue weighted by Crippen LogP contribution is 2.33. The summed E-state index contributed by atoms with van der Waals surface area (Å²) in [7, 11) is 0. The third-order valence-corrected chi connectivity index (χ3v) is 7.30. The van der Waals surface area contributed by atoms with E-state index >= 15 is 0 Å². The third kappa shape index (κ3) is 4.54. The Morgan fingerprint density at radius 1 is 1.10 bits per heavy atom. The molecule has 0 aliphatic heterocycles. The number of amides is 2. The summed E-state index contributed by atoms with van der Waals surface area (Å²) in [6, 6.07) is 12.1. The maximum atomic E-state index is 13.6. The monoisotopic (exact) mass is 584 g/mol.